The number of carbonyl (C=O) groups is 2. The smallest absolute Gasteiger partial charge is 0.334 e. The second-order valence-corrected chi connectivity index (χ2v) is 13.1. The van der Waals surface area contributed by atoms with E-state index in [0.717, 1.165) is 41.7 Å². The Kier molecular flexibility index (Phi) is 11.1. The van der Waals surface area contributed by atoms with E-state index in [1.54, 1.807) is 0 Å². The van der Waals surface area contributed by atoms with E-state index in [-0.39, 0.29) is 25.6 Å². The van der Waals surface area contributed by atoms with Gasteiger partial charge in [-0.2, -0.15) is 0 Å². The molecule has 0 unspecified atom stereocenters. The van der Waals surface area contributed by atoms with Crippen molar-refractivity contribution in [2.24, 2.45) is 17.8 Å². The van der Waals surface area contributed by atoms with Gasteiger partial charge in [-0.15, -0.1) is 0 Å². The average molecular weight is 587 g/mol. The molecule has 0 aliphatic carbocycles. The highest BCUT2D eigenvalue weighted by molar-refractivity contribution is 5.91. The number of hydrogen-bond donors (Lipinski definition) is 1. The summed E-state index contributed by atoms with van der Waals surface area (Å²) >= 11 is 0. The van der Waals surface area contributed by atoms with Gasteiger partial charge in [0.25, 0.3) is 0 Å². The SMILES string of the molecule is Cc1ccc(C#Cc2ccc3c(c2)C[C@H](CCC(=O)OC[C@]2(CO)C/C(=C\CC(CC(C)C)CC(C)C)C(=O)O2)O3)cc1. The van der Waals surface area contributed by atoms with E-state index in [1.165, 1.54) is 5.56 Å². The van der Waals surface area contributed by atoms with Gasteiger partial charge in [0, 0.05) is 36.0 Å². The lowest BCUT2D eigenvalue weighted by atomic mass is 9.86. The highest BCUT2D eigenvalue weighted by atomic mass is 16.6. The van der Waals surface area contributed by atoms with Crippen LogP contribution in [-0.2, 0) is 25.5 Å². The summed E-state index contributed by atoms with van der Waals surface area (Å²) in [5, 5.41) is 10.1. The molecule has 2 aromatic carbocycles. The van der Waals surface area contributed by atoms with Crippen molar-refractivity contribution in [3.8, 4) is 17.6 Å². The first-order chi connectivity index (χ1) is 20.5. The van der Waals surface area contributed by atoms with Crippen LogP contribution in [0.25, 0.3) is 0 Å². The lowest BCUT2D eigenvalue weighted by Gasteiger charge is -2.24. The van der Waals surface area contributed by atoms with Crippen LogP contribution in [0.1, 0.15) is 88.5 Å². The van der Waals surface area contributed by atoms with Crippen LogP contribution >= 0.6 is 0 Å². The summed E-state index contributed by atoms with van der Waals surface area (Å²) in [4.78, 5) is 25.3. The number of aliphatic hydroxyl groups is 1. The van der Waals surface area contributed by atoms with Crippen LogP contribution in [-0.4, -0.2) is 42.0 Å². The summed E-state index contributed by atoms with van der Waals surface area (Å²) in [7, 11) is 0. The Bertz CT molecular complexity index is 1350. The molecule has 0 spiro atoms. The first-order valence-corrected chi connectivity index (χ1v) is 15.6. The molecule has 43 heavy (non-hydrogen) atoms. The quantitative estimate of drug-likeness (QED) is 0.169. The van der Waals surface area contributed by atoms with E-state index in [1.807, 2.05) is 48.5 Å². The summed E-state index contributed by atoms with van der Waals surface area (Å²) in [5.74, 6) is 8.06. The summed E-state index contributed by atoms with van der Waals surface area (Å²) in [6.45, 7) is 10.3. The highest BCUT2D eigenvalue weighted by Gasteiger charge is 2.44. The van der Waals surface area contributed by atoms with Crippen LogP contribution in [0.2, 0.25) is 0 Å². The molecule has 0 radical (unpaired) electrons. The minimum absolute atomic E-state index is 0.127. The molecule has 4 rings (SSSR count). The van der Waals surface area contributed by atoms with Gasteiger partial charge in [-0.25, -0.2) is 4.79 Å². The predicted molar refractivity (Wildman–Crippen MR) is 168 cm³/mol. The van der Waals surface area contributed by atoms with Gasteiger partial charge in [-0.3, -0.25) is 4.79 Å². The van der Waals surface area contributed by atoms with E-state index in [4.69, 9.17) is 14.2 Å². The molecule has 0 amide bonds. The maximum absolute atomic E-state index is 12.6. The number of aryl methyl sites for hydroxylation is 1. The number of carbonyl (C=O) groups excluding carboxylic acids is 2. The van der Waals surface area contributed by atoms with E-state index < -0.39 is 24.1 Å². The Labute approximate surface area is 256 Å². The van der Waals surface area contributed by atoms with Gasteiger partial charge in [0.15, 0.2) is 5.60 Å². The third kappa shape index (κ3) is 9.46. The van der Waals surface area contributed by atoms with Crippen molar-refractivity contribution in [2.75, 3.05) is 13.2 Å². The number of cyclic esters (lactones) is 1. The maximum Gasteiger partial charge on any atom is 0.334 e. The minimum Gasteiger partial charge on any atom is -0.490 e. The van der Waals surface area contributed by atoms with Crippen LogP contribution in [0.5, 0.6) is 5.75 Å². The molecule has 2 aliphatic heterocycles. The average Bonchev–Trinajstić information content (AvgIpc) is 3.52. The lowest BCUT2D eigenvalue weighted by Crippen LogP contribution is -2.39. The maximum atomic E-state index is 12.6. The molecule has 2 aromatic rings. The van der Waals surface area contributed by atoms with Gasteiger partial charge < -0.3 is 19.3 Å². The van der Waals surface area contributed by atoms with Crippen molar-refractivity contribution in [3.05, 3.63) is 76.4 Å². The van der Waals surface area contributed by atoms with E-state index in [0.29, 0.717) is 36.2 Å². The molecular weight excluding hydrogens is 540 g/mol. The molecule has 0 bridgehead atoms. The van der Waals surface area contributed by atoms with Crippen molar-refractivity contribution in [2.45, 2.75) is 91.3 Å². The number of benzene rings is 2. The topological polar surface area (TPSA) is 82.1 Å². The number of aliphatic hydroxyl groups excluding tert-OH is 1. The zero-order valence-corrected chi connectivity index (χ0v) is 26.3. The fraction of sp³-hybridized carbons (Fsp3) is 0.514. The molecule has 2 heterocycles. The van der Waals surface area contributed by atoms with E-state index in [9.17, 15) is 14.7 Å². The Hall–Kier alpha value is -3.56. The summed E-state index contributed by atoms with van der Waals surface area (Å²) in [6, 6.07) is 14.1. The number of esters is 2. The molecule has 2 aliphatic rings. The van der Waals surface area contributed by atoms with Crippen molar-refractivity contribution in [3.63, 3.8) is 0 Å². The normalized spacial score (nSPS) is 20.3. The minimum atomic E-state index is -1.22. The molecule has 6 nitrogen and oxygen atoms in total. The van der Waals surface area contributed by atoms with Gasteiger partial charge in [0.2, 0.25) is 0 Å². The molecule has 1 saturated heterocycles. The van der Waals surface area contributed by atoms with Gasteiger partial charge in [-0.1, -0.05) is 63.3 Å². The van der Waals surface area contributed by atoms with Gasteiger partial charge in [-0.05, 0) is 86.3 Å². The second kappa shape index (κ2) is 14.8. The van der Waals surface area contributed by atoms with Gasteiger partial charge in [0.05, 0.1) is 6.61 Å². The molecule has 1 N–H and O–H groups in total. The first kappa shape index (κ1) is 32.4. The van der Waals surface area contributed by atoms with Crippen molar-refractivity contribution in [1.82, 2.24) is 0 Å². The van der Waals surface area contributed by atoms with Crippen LogP contribution in [0, 0.1) is 36.5 Å². The van der Waals surface area contributed by atoms with Crippen molar-refractivity contribution < 1.29 is 28.9 Å². The van der Waals surface area contributed by atoms with Crippen LogP contribution in [0.4, 0.5) is 0 Å². The van der Waals surface area contributed by atoms with Crippen molar-refractivity contribution in [1.29, 1.82) is 0 Å². The van der Waals surface area contributed by atoms with Crippen LogP contribution < -0.4 is 4.74 Å². The Morgan fingerprint density at radius 2 is 1.74 bits per heavy atom. The number of ether oxygens (including phenoxy) is 3. The van der Waals surface area contributed by atoms with Crippen LogP contribution in [0.15, 0.2) is 54.1 Å². The summed E-state index contributed by atoms with van der Waals surface area (Å²) < 4.78 is 17.1. The molecular formula is C37H46O6. The largest absolute Gasteiger partial charge is 0.490 e. The summed E-state index contributed by atoms with van der Waals surface area (Å²) in [6.07, 6.45) is 6.44. The number of hydrogen-bond acceptors (Lipinski definition) is 6. The zero-order chi connectivity index (χ0) is 31.0. The number of allylic oxidation sites excluding steroid dienone is 1. The summed E-state index contributed by atoms with van der Waals surface area (Å²) in [5.41, 5.74) is 3.51. The van der Waals surface area contributed by atoms with E-state index >= 15 is 0 Å². The monoisotopic (exact) mass is 586 g/mol. The predicted octanol–water partition coefficient (Wildman–Crippen LogP) is 6.72. The lowest BCUT2D eigenvalue weighted by molar-refractivity contribution is -0.166. The van der Waals surface area contributed by atoms with Gasteiger partial charge in [0.1, 0.15) is 18.5 Å². The molecule has 230 valence electrons. The number of fused-ring (bicyclic) bond motifs is 1. The van der Waals surface area contributed by atoms with Gasteiger partial charge >= 0.3 is 11.9 Å². The fourth-order valence-corrected chi connectivity index (χ4v) is 5.92. The standard InChI is InChI=1S/C37H46O6/c1-25(2)18-30(19-26(3)4)12-14-31-22-37(23-38,43-36(31)40)24-41-35(39)17-15-33-21-32-20-29(13-16-34(32)42-33)11-10-28-8-6-27(5)7-9-28/h6-9,13-14,16,20,25-26,30,33,38H,12,15,17-19,21-24H2,1-5H3/b31-14+/t33-,37+/m0/s1. The Morgan fingerprint density at radius 1 is 1.07 bits per heavy atom. The number of rotatable bonds is 12. The Balaban J connectivity index is 1.25. The second-order valence-electron chi connectivity index (χ2n) is 13.1. The molecule has 0 saturated carbocycles. The molecule has 0 aromatic heterocycles. The van der Waals surface area contributed by atoms with Crippen molar-refractivity contribution >= 4 is 11.9 Å². The first-order valence-electron chi connectivity index (χ1n) is 15.6. The fourth-order valence-electron chi connectivity index (χ4n) is 5.92. The Morgan fingerprint density at radius 3 is 2.42 bits per heavy atom. The molecule has 6 heteroatoms. The third-order valence-corrected chi connectivity index (χ3v) is 8.05. The molecule has 1 fully saturated rings. The van der Waals surface area contributed by atoms with E-state index in [2.05, 4.69) is 46.5 Å². The van der Waals surface area contributed by atoms with Crippen LogP contribution in [0.3, 0.4) is 0 Å². The zero-order valence-electron chi connectivity index (χ0n) is 26.3. The highest BCUT2D eigenvalue weighted by Crippen LogP contribution is 2.34. The molecule has 2 atom stereocenters. The third-order valence-electron chi connectivity index (χ3n) is 8.05.